The minimum absolute atomic E-state index is 0.0285. The number of likely N-dealkylation sites (N-methyl/N-ethyl adjacent to an activating group) is 1. The molecule has 0 aliphatic carbocycles. The van der Waals surface area contributed by atoms with E-state index < -0.39 is 11.1 Å². The molecule has 1 fully saturated rings. The van der Waals surface area contributed by atoms with Gasteiger partial charge in [0.1, 0.15) is 5.54 Å². The van der Waals surface area contributed by atoms with E-state index in [1.165, 1.54) is 0 Å². The highest BCUT2D eigenvalue weighted by atomic mass is 16.2. The molecule has 0 unspecified atom stereocenters. The van der Waals surface area contributed by atoms with Gasteiger partial charge in [0.2, 0.25) is 11.8 Å². The third kappa shape index (κ3) is 2.60. The second-order valence-corrected chi connectivity index (χ2v) is 5.43. The van der Waals surface area contributed by atoms with E-state index >= 15 is 0 Å². The number of nitrogens with zero attached hydrogens (tertiary/aromatic N) is 1. The Bertz CT molecular complexity index is 324. The van der Waals surface area contributed by atoms with Gasteiger partial charge < -0.3 is 15.5 Å². The first kappa shape index (κ1) is 14.0. The summed E-state index contributed by atoms with van der Waals surface area (Å²) in [5, 5.41) is 5.94. The van der Waals surface area contributed by atoms with Crippen molar-refractivity contribution in [3.05, 3.63) is 0 Å². The lowest BCUT2D eigenvalue weighted by Gasteiger charge is -2.44. The van der Waals surface area contributed by atoms with Gasteiger partial charge in [0.05, 0.1) is 5.54 Å². The van der Waals surface area contributed by atoms with Gasteiger partial charge in [0, 0.05) is 13.1 Å². The van der Waals surface area contributed by atoms with Crippen molar-refractivity contribution in [1.82, 2.24) is 15.5 Å². The summed E-state index contributed by atoms with van der Waals surface area (Å²) < 4.78 is 0. The van der Waals surface area contributed by atoms with Crippen LogP contribution in [0.3, 0.4) is 0 Å². The van der Waals surface area contributed by atoms with Gasteiger partial charge in [-0.05, 0) is 34.2 Å². The molecule has 0 aromatic heterocycles. The first-order chi connectivity index (χ1) is 7.73. The highest BCUT2D eigenvalue weighted by molar-refractivity contribution is 5.94. The molecule has 1 aliphatic heterocycles. The zero-order chi connectivity index (χ0) is 13.3. The fourth-order valence-corrected chi connectivity index (χ4v) is 2.11. The number of rotatable bonds is 3. The van der Waals surface area contributed by atoms with Gasteiger partial charge in [0.25, 0.3) is 0 Å². The van der Waals surface area contributed by atoms with Crippen molar-refractivity contribution < 1.29 is 9.59 Å². The van der Waals surface area contributed by atoms with Crippen LogP contribution >= 0.6 is 0 Å². The predicted molar refractivity (Wildman–Crippen MR) is 66.6 cm³/mol. The largest absolute Gasteiger partial charge is 0.352 e. The second-order valence-electron chi connectivity index (χ2n) is 5.43. The Hall–Kier alpha value is -1.10. The van der Waals surface area contributed by atoms with Crippen molar-refractivity contribution in [3.8, 4) is 0 Å². The maximum Gasteiger partial charge on any atom is 0.245 e. The van der Waals surface area contributed by atoms with Gasteiger partial charge in [-0.2, -0.15) is 0 Å². The summed E-state index contributed by atoms with van der Waals surface area (Å²) in [6.45, 7) is 11.0. The molecule has 1 aliphatic rings. The molecule has 0 aromatic rings. The lowest BCUT2D eigenvalue weighted by Crippen LogP contribution is -2.68. The van der Waals surface area contributed by atoms with Crippen molar-refractivity contribution in [1.29, 1.82) is 0 Å². The van der Waals surface area contributed by atoms with E-state index in [4.69, 9.17) is 0 Å². The van der Waals surface area contributed by atoms with Crippen molar-refractivity contribution >= 4 is 11.8 Å². The van der Waals surface area contributed by atoms with E-state index in [0.29, 0.717) is 13.1 Å². The topological polar surface area (TPSA) is 61.4 Å². The van der Waals surface area contributed by atoms with E-state index in [1.54, 1.807) is 18.7 Å². The Kier molecular flexibility index (Phi) is 3.81. The molecule has 0 saturated carbocycles. The van der Waals surface area contributed by atoms with Gasteiger partial charge in [-0.3, -0.25) is 9.59 Å². The fourth-order valence-electron chi connectivity index (χ4n) is 2.11. The van der Waals surface area contributed by atoms with Crippen molar-refractivity contribution in [2.45, 2.75) is 45.7 Å². The molecule has 1 saturated heterocycles. The molecule has 0 spiro atoms. The molecule has 0 radical (unpaired) electrons. The van der Waals surface area contributed by atoms with Gasteiger partial charge in [-0.1, -0.05) is 6.92 Å². The van der Waals surface area contributed by atoms with Crippen molar-refractivity contribution in [2.24, 2.45) is 0 Å². The van der Waals surface area contributed by atoms with E-state index in [0.717, 1.165) is 6.54 Å². The second kappa shape index (κ2) is 4.64. The number of nitrogens with one attached hydrogen (secondary N) is 2. The molecule has 0 atom stereocenters. The SMILES string of the molecule is CCNC(C)(C)C(=O)N1CCNC(=O)C1(C)C. The quantitative estimate of drug-likeness (QED) is 0.737. The Labute approximate surface area is 103 Å². The van der Waals surface area contributed by atoms with Gasteiger partial charge in [-0.25, -0.2) is 0 Å². The number of piperazine rings is 1. The summed E-state index contributed by atoms with van der Waals surface area (Å²) in [7, 11) is 0. The van der Waals surface area contributed by atoms with Gasteiger partial charge in [-0.15, -0.1) is 0 Å². The number of hydrogen-bond donors (Lipinski definition) is 2. The molecule has 98 valence electrons. The molecule has 2 N–H and O–H groups in total. The normalized spacial score (nSPS) is 20.1. The molecule has 17 heavy (non-hydrogen) atoms. The number of hydrogen-bond acceptors (Lipinski definition) is 3. The molecule has 1 heterocycles. The lowest BCUT2D eigenvalue weighted by molar-refractivity contribution is -0.153. The zero-order valence-corrected chi connectivity index (χ0v) is 11.4. The number of carbonyl (C=O) groups excluding carboxylic acids is 2. The summed E-state index contributed by atoms with van der Waals surface area (Å²) in [5.41, 5.74) is -1.41. The monoisotopic (exact) mass is 241 g/mol. The molecular formula is C12H23N3O2. The molecule has 5 nitrogen and oxygen atoms in total. The van der Waals surface area contributed by atoms with E-state index in [-0.39, 0.29) is 11.8 Å². The average molecular weight is 241 g/mol. The molecule has 5 heteroatoms. The predicted octanol–water partition coefficient (Wildman–Crippen LogP) is 0.112. The van der Waals surface area contributed by atoms with Gasteiger partial charge in [0.15, 0.2) is 0 Å². The van der Waals surface area contributed by atoms with Crippen molar-refractivity contribution in [2.75, 3.05) is 19.6 Å². The summed E-state index contributed by atoms with van der Waals surface area (Å²) >= 11 is 0. The van der Waals surface area contributed by atoms with Crippen LogP contribution in [0.15, 0.2) is 0 Å². The highest BCUT2D eigenvalue weighted by Crippen LogP contribution is 2.21. The summed E-state index contributed by atoms with van der Waals surface area (Å²) in [6, 6.07) is 0. The molecule has 1 rings (SSSR count). The van der Waals surface area contributed by atoms with Crippen LogP contribution in [-0.2, 0) is 9.59 Å². The van der Waals surface area contributed by atoms with Gasteiger partial charge >= 0.3 is 0 Å². The van der Waals surface area contributed by atoms with E-state index in [1.807, 2.05) is 20.8 Å². The standard InChI is InChI=1S/C12H23N3O2/c1-6-14-11(2,3)10(17)15-8-7-13-9(16)12(15,4)5/h14H,6-8H2,1-5H3,(H,13,16). The maximum atomic E-state index is 12.5. The van der Waals surface area contributed by atoms with Crippen LogP contribution in [0.5, 0.6) is 0 Å². The summed E-state index contributed by atoms with van der Waals surface area (Å²) in [5.74, 6) is -0.122. The smallest absolute Gasteiger partial charge is 0.245 e. The third-order valence-electron chi connectivity index (χ3n) is 3.25. The molecule has 0 bridgehead atoms. The fraction of sp³-hybridized carbons (Fsp3) is 0.833. The third-order valence-corrected chi connectivity index (χ3v) is 3.25. The van der Waals surface area contributed by atoms with E-state index in [9.17, 15) is 9.59 Å². The van der Waals surface area contributed by atoms with Crippen LogP contribution in [0.2, 0.25) is 0 Å². The van der Waals surface area contributed by atoms with E-state index in [2.05, 4.69) is 10.6 Å². The number of carbonyl (C=O) groups is 2. The number of amides is 2. The first-order valence-electron chi connectivity index (χ1n) is 6.09. The molecular weight excluding hydrogens is 218 g/mol. The van der Waals surface area contributed by atoms with Crippen LogP contribution in [0.25, 0.3) is 0 Å². The first-order valence-corrected chi connectivity index (χ1v) is 6.09. The summed E-state index contributed by atoms with van der Waals surface area (Å²) in [4.78, 5) is 25.9. The van der Waals surface area contributed by atoms with Crippen LogP contribution in [0.1, 0.15) is 34.6 Å². The van der Waals surface area contributed by atoms with Crippen LogP contribution in [0, 0.1) is 0 Å². The molecule has 0 aromatic carbocycles. The Balaban J connectivity index is 2.91. The van der Waals surface area contributed by atoms with Crippen LogP contribution in [0.4, 0.5) is 0 Å². The zero-order valence-electron chi connectivity index (χ0n) is 11.4. The Morgan fingerprint density at radius 2 is 2.12 bits per heavy atom. The maximum absolute atomic E-state index is 12.5. The minimum atomic E-state index is -0.776. The Morgan fingerprint density at radius 1 is 1.53 bits per heavy atom. The average Bonchev–Trinajstić information content (AvgIpc) is 2.21. The highest BCUT2D eigenvalue weighted by Gasteiger charge is 2.44. The van der Waals surface area contributed by atoms with Crippen LogP contribution < -0.4 is 10.6 Å². The van der Waals surface area contributed by atoms with Crippen molar-refractivity contribution in [3.63, 3.8) is 0 Å². The van der Waals surface area contributed by atoms with Crippen LogP contribution in [-0.4, -0.2) is 47.4 Å². The Morgan fingerprint density at radius 3 is 2.65 bits per heavy atom. The minimum Gasteiger partial charge on any atom is -0.352 e. The molecule has 2 amide bonds. The summed E-state index contributed by atoms with van der Waals surface area (Å²) in [6.07, 6.45) is 0. The lowest BCUT2D eigenvalue weighted by atomic mass is 9.94.